The van der Waals surface area contributed by atoms with Gasteiger partial charge in [-0.1, -0.05) is 5.57 Å². The average molecular weight is 360 g/mol. The Labute approximate surface area is 152 Å². The highest BCUT2D eigenvalue weighted by molar-refractivity contribution is 5.94. The van der Waals surface area contributed by atoms with E-state index in [0.717, 1.165) is 25.7 Å². The van der Waals surface area contributed by atoms with Crippen LogP contribution in [0.2, 0.25) is 0 Å². The molecule has 0 spiro atoms. The molecule has 1 aliphatic carbocycles. The molecule has 2 amide bonds. The number of hydrogen-bond donors (Lipinski definition) is 2. The molecule has 0 radical (unpaired) electrons. The fourth-order valence-corrected chi connectivity index (χ4v) is 2.59. The number of carbonyl (C=O) groups excluding carboxylic acids is 3. The number of allylic oxidation sites excluding steroid dienone is 1. The zero-order chi connectivity index (χ0) is 18.8. The Morgan fingerprint density at radius 1 is 1.04 bits per heavy atom. The van der Waals surface area contributed by atoms with Crippen molar-refractivity contribution in [2.24, 2.45) is 0 Å². The molecule has 0 aromatic heterocycles. The fourth-order valence-electron chi connectivity index (χ4n) is 2.59. The SMILES string of the molecule is CCOC(=O)Oc1ccc(C(=O)NCCNC(=O)C=C2CCCC2)cc1. The zero-order valence-electron chi connectivity index (χ0n) is 14.9. The van der Waals surface area contributed by atoms with Gasteiger partial charge in [0.25, 0.3) is 5.91 Å². The molecule has 140 valence electrons. The minimum absolute atomic E-state index is 0.114. The van der Waals surface area contributed by atoms with Crippen LogP contribution in [0.3, 0.4) is 0 Å². The van der Waals surface area contributed by atoms with Gasteiger partial charge < -0.3 is 20.1 Å². The van der Waals surface area contributed by atoms with Crippen molar-refractivity contribution in [2.45, 2.75) is 32.6 Å². The van der Waals surface area contributed by atoms with E-state index in [0.29, 0.717) is 24.4 Å². The van der Waals surface area contributed by atoms with E-state index in [4.69, 9.17) is 4.74 Å². The largest absolute Gasteiger partial charge is 0.513 e. The Balaban J connectivity index is 1.69. The first-order chi connectivity index (χ1) is 12.6. The summed E-state index contributed by atoms with van der Waals surface area (Å²) in [6.45, 7) is 2.60. The van der Waals surface area contributed by atoms with E-state index in [-0.39, 0.29) is 18.4 Å². The van der Waals surface area contributed by atoms with Gasteiger partial charge in [0, 0.05) is 24.7 Å². The first-order valence-corrected chi connectivity index (χ1v) is 8.78. The van der Waals surface area contributed by atoms with E-state index >= 15 is 0 Å². The Bertz CT molecular complexity index is 659. The maximum Gasteiger partial charge on any atom is 0.513 e. The summed E-state index contributed by atoms with van der Waals surface area (Å²) in [5.74, 6) is -0.0834. The van der Waals surface area contributed by atoms with Crippen LogP contribution in [-0.2, 0) is 9.53 Å². The first kappa shape index (κ1) is 19.5. The molecule has 1 aromatic carbocycles. The second-order valence-corrected chi connectivity index (χ2v) is 5.87. The summed E-state index contributed by atoms with van der Waals surface area (Å²) in [6.07, 6.45) is 5.18. The highest BCUT2D eigenvalue weighted by Gasteiger charge is 2.09. The maximum absolute atomic E-state index is 12.0. The van der Waals surface area contributed by atoms with E-state index in [1.165, 1.54) is 17.7 Å². The molecule has 0 unspecified atom stereocenters. The van der Waals surface area contributed by atoms with Crippen LogP contribution in [0.1, 0.15) is 43.0 Å². The summed E-state index contributed by atoms with van der Waals surface area (Å²) in [5.41, 5.74) is 1.62. The van der Waals surface area contributed by atoms with Crippen LogP contribution >= 0.6 is 0 Å². The third-order valence-corrected chi connectivity index (χ3v) is 3.87. The third kappa shape index (κ3) is 6.58. The van der Waals surface area contributed by atoms with Crippen molar-refractivity contribution < 1.29 is 23.9 Å². The minimum atomic E-state index is -0.784. The van der Waals surface area contributed by atoms with E-state index in [2.05, 4.69) is 15.4 Å². The molecule has 0 atom stereocenters. The van der Waals surface area contributed by atoms with E-state index in [1.807, 2.05) is 0 Å². The number of hydrogen-bond acceptors (Lipinski definition) is 5. The zero-order valence-corrected chi connectivity index (χ0v) is 14.9. The third-order valence-electron chi connectivity index (χ3n) is 3.87. The number of benzene rings is 1. The first-order valence-electron chi connectivity index (χ1n) is 8.78. The number of ether oxygens (including phenoxy) is 2. The lowest BCUT2D eigenvalue weighted by molar-refractivity contribution is -0.116. The maximum atomic E-state index is 12.0. The summed E-state index contributed by atoms with van der Waals surface area (Å²) in [7, 11) is 0. The van der Waals surface area contributed by atoms with Gasteiger partial charge in [0.2, 0.25) is 5.91 Å². The molecule has 7 nitrogen and oxygen atoms in total. The molecule has 26 heavy (non-hydrogen) atoms. The topological polar surface area (TPSA) is 93.7 Å². The van der Waals surface area contributed by atoms with Crippen LogP contribution in [0.25, 0.3) is 0 Å². The predicted molar refractivity (Wildman–Crippen MR) is 96.0 cm³/mol. The molecular formula is C19H24N2O5. The molecule has 0 saturated heterocycles. The molecule has 0 heterocycles. The van der Waals surface area contributed by atoms with Crippen molar-refractivity contribution in [3.8, 4) is 5.75 Å². The molecule has 1 fully saturated rings. The summed E-state index contributed by atoms with van der Waals surface area (Å²) in [4.78, 5) is 35.0. The van der Waals surface area contributed by atoms with Crippen molar-refractivity contribution in [1.29, 1.82) is 0 Å². The number of nitrogens with one attached hydrogen (secondary N) is 2. The molecule has 0 aliphatic heterocycles. The predicted octanol–water partition coefficient (Wildman–Crippen LogP) is 2.57. The molecule has 2 rings (SSSR count). The van der Waals surface area contributed by atoms with Gasteiger partial charge in [-0.15, -0.1) is 0 Å². The van der Waals surface area contributed by atoms with Crippen molar-refractivity contribution in [1.82, 2.24) is 10.6 Å². The minimum Gasteiger partial charge on any atom is -0.434 e. The molecule has 2 N–H and O–H groups in total. The van der Waals surface area contributed by atoms with Crippen LogP contribution in [-0.4, -0.2) is 37.7 Å². The quantitative estimate of drug-likeness (QED) is 0.337. The van der Waals surface area contributed by atoms with Gasteiger partial charge in [0.1, 0.15) is 5.75 Å². The Morgan fingerprint density at radius 3 is 2.35 bits per heavy atom. The van der Waals surface area contributed by atoms with Gasteiger partial charge in [-0.05, 0) is 56.9 Å². The number of amides is 2. The molecule has 1 saturated carbocycles. The van der Waals surface area contributed by atoms with Gasteiger partial charge in [0.15, 0.2) is 0 Å². The van der Waals surface area contributed by atoms with Crippen LogP contribution in [0.4, 0.5) is 4.79 Å². The second kappa shape index (κ2) is 10.2. The lowest BCUT2D eigenvalue weighted by Gasteiger charge is -2.07. The van der Waals surface area contributed by atoms with Crippen LogP contribution < -0.4 is 15.4 Å². The van der Waals surface area contributed by atoms with Gasteiger partial charge in [-0.3, -0.25) is 9.59 Å². The highest BCUT2D eigenvalue weighted by atomic mass is 16.7. The second-order valence-electron chi connectivity index (χ2n) is 5.87. The normalized spacial score (nSPS) is 13.0. The monoisotopic (exact) mass is 360 g/mol. The number of rotatable bonds is 7. The Hall–Kier alpha value is -2.83. The average Bonchev–Trinajstić information content (AvgIpc) is 3.12. The lowest BCUT2D eigenvalue weighted by atomic mass is 10.2. The van der Waals surface area contributed by atoms with E-state index in [1.54, 1.807) is 25.1 Å². The van der Waals surface area contributed by atoms with Gasteiger partial charge >= 0.3 is 6.16 Å². The highest BCUT2D eigenvalue weighted by Crippen LogP contribution is 2.23. The summed E-state index contributed by atoms with van der Waals surface area (Å²) in [6, 6.07) is 6.13. The summed E-state index contributed by atoms with van der Waals surface area (Å²) >= 11 is 0. The van der Waals surface area contributed by atoms with Crippen LogP contribution in [0.15, 0.2) is 35.9 Å². The lowest BCUT2D eigenvalue weighted by Crippen LogP contribution is -2.34. The standard InChI is InChI=1S/C19H24N2O5/c1-2-25-19(24)26-16-9-7-15(8-10-16)18(23)21-12-11-20-17(22)13-14-5-3-4-6-14/h7-10,13H,2-6,11-12H2,1H3,(H,20,22)(H,21,23). The fraction of sp³-hybridized carbons (Fsp3) is 0.421. The Kier molecular flexibility index (Phi) is 7.67. The van der Waals surface area contributed by atoms with Crippen molar-refractivity contribution in [3.63, 3.8) is 0 Å². The number of carbonyl (C=O) groups is 3. The molecule has 1 aliphatic rings. The van der Waals surface area contributed by atoms with E-state index < -0.39 is 6.16 Å². The van der Waals surface area contributed by atoms with Crippen LogP contribution in [0, 0.1) is 0 Å². The van der Waals surface area contributed by atoms with Crippen molar-refractivity contribution in [3.05, 3.63) is 41.5 Å². The smallest absolute Gasteiger partial charge is 0.434 e. The van der Waals surface area contributed by atoms with E-state index in [9.17, 15) is 14.4 Å². The van der Waals surface area contributed by atoms with Crippen LogP contribution in [0.5, 0.6) is 5.75 Å². The van der Waals surface area contributed by atoms with Gasteiger partial charge in [0.05, 0.1) is 6.61 Å². The molecule has 0 bridgehead atoms. The van der Waals surface area contributed by atoms with Crippen molar-refractivity contribution in [2.75, 3.05) is 19.7 Å². The van der Waals surface area contributed by atoms with Gasteiger partial charge in [-0.25, -0.2) is 4.79 Å². The molecular weight excluding hydrogens is 336 g/mol. The summed E-state index contributed by atoms with van der Waals surface area (Å²) in [5, 5.41) is 5.48. The molecule has 1 aromatic rings. The summed E-state index contributed by atoms with van der Waals surface area (Å²) < 4.78 is 9.59. The Morgan fingerprint density at radius 2 is 1.69 bits per heavy atom. The molecule has 7 heteroatoms. The van der Waals surface area contributed by atoms with Crippen molar-refractivity contribution >= 4 is 18.0 Å². The van der Waals surface area contributed by atoms with Gasteiger partial charge in [-0.2, -0.15) is 0 Å².